The Balaban J connectivity index is 2.06. The monoisotopic (exact) mass is 253 g/mol. The van der Waals surface area contributed by atoms with Gasteiger partial charge in [-0.25, -0.2) is 0 Å². The molecule has 2 rings (SSSR count). The van der Waals surface area contributed by atoms with Crippen LogP contribution in [0.25, 0.3) is 0 Å². The van der Waals surface area contributed by atoms with Gasteiger partial charge in [0.25, 0.3) is 0 Å². The van der Waals surface area contributed by atoms with Gasteiger partial charge in [-0.1, -0.05) is 6.92 Å². The van der Waals surface area contributed by atoms with Gasteiger partial charge in [-0.15, -0.1) is 0 Å². The molecule has 4 unspecified atom stereocenters. The van der Waals surface area contributed by atoms with Gasteiger partial charge in [0.2, 0.25) is 5.91 Å². The minimum Gasteiger partial charge on any atom is -0.368 e. The van der Waals surface area contributed by atoms with Crippen molar-refractivity contribution in [2.45, 2.75) is 63.6 Å². The Kier molecular flexibility index (Phi) is 3.97. The predicted octanol–water partition coefficient (Wildman–Crippen LogP) is 1.10. The van der Waals surface area contributed by atoms with Crippen LogP contribution in [0.15, 0.2) is 0 Å². The average Bonchev–Trinajstić information content (AvgIpc) is 2.78. The van der Waals surface area contributed by atoms with E-state index in [4.69, 9.17) is 5.73 Å². The second-order valence-corrected chi connectivity index (χ2v) is 6.19. The fourth-order valence-electron chi connectivity index (χ4n) is 3.76. The van der Waals surface area contributed by atoms with Gasteiger partial charge in [0.1, 0.15) is 0 Å². The molecule has 2 aliphatic rings. The topological polar surface area (TPSA) is 58.4 Å². The van der Waals surface area contributed by atoms with Crippen LogP contribution in [0.2, 0.25) is 0 Å². The molecule has 1 aliphatic carbocycles. The van der Waals surface area contributed by atoms with Gasteiger partial charge in [-0.05, 0) is 58.5 Å². The zero-order chi connectivity index (χ0) is 13.3. The largest absolute Gasteiger partial charge is 0.368 e. The number of hydrogen-bond donors (Lipinski definition) is 2. The molecule has 1 saturated heterocycles. The van der Waals surface area contributed by atoms with Crippen molar-refractivity contribution in [3.63, 3.8) is 0 Å². The SMILES string of the molecule is CNC1(C(N)=O)CCC(N2CCCC(C)C2C)C1. The van der Waals surface area contributed by atoms with Crippen molar-refractivity contribution in [1.29, 1.82) is 0 Å². The molecule has 18 heavy (non-hydrogen) atoms. The standard InChI is InChI=1S/C14H27N3O/c1-10-5-4-8-17(11(10)2)12-6-7-14(9-12,16-3)13(15)18/h10-12,16H,4-9H2,1-3H3,(H2,15,18). The van der Waals surface area contributed by atoms with Gasteiger partial charge in [-0.3, -0.25) is 9.69 Å². The summed E-state index contributed by atoms with van der Waals surface area (Å²) in [6, 6.07) is 1.15. The molecule has 0 radical (unpaired) electrons. The number of amides is 1. The van der Waals surface area contributed by atoms with Gasteiger partial charge in [0, 0.05) is 12.1 Å². The lowest BCUT2D eigenvalue weighted by atomic mass is 9.89. The first-order valence-electron chi connectivity index (χ1n) is 7.25. The first-order valence-corrected chi connectivity index (χ1v) is 7.25. The maximum atomic E-state index is 11.7. The lowest BCUT2D eigenvalue weighted by Crippen LogP contribution is -2.54. The zero-order valence-electron chi connectivity index (χ0n) is 11.9. The molecule has 0 spiro atoms. The van der Waals surface area contributed by atoms with Crippen LogP contribution in [0.5, 0.6) is 0 Å². The van der Waals surface area contributed by atoms with Crippen LogP contribution >= 0.6 is 0 Å². The third-order valence-electron chi connectivity index (χ3n) is 5.33. The normalized spacial score (nSPS) is 42.1. The maximum Gasteiger partial charge on any atom is 0.237 e. The second kappa shape index (κ2) is 5.17. The van der Waals surface area contributed by atoms with E-state index >= 15 is 0 Å². The van der Waals surface area contributed by atoms with Crippen LogP contribution in [0.4, 0.5) is 0 Å². The van der Waals surface area contributed by atoms with Gasteiger partial charge < -0.3 is 11.1 Å². The molecular weight excluding hydrogens is 226 g/mol. The number of nitrogens with zero attached hydrogens (tertiary/aromatic N) is 1. The van der Waals surface area contributed by atoms with E-state index in [2.05, 4.69) is 24.1 Å². The number of likely N-dealkylation sites (tertiary alicyclic amines) is 1. The van der Waals surface area contributed by atoms with Crippen LogP contribution in [-0.2, 0) is 4.79 Å². The summed E-state index contributed by atoms with van der Waals surface area (Å²) in [6.07, 6.45) is 5.44. The van der Waals surface area contributed by atoms with E-state index < -0.39 is 5.54 Å². The summed E-state index contributed by atoms with van der Waals surface area (Å²) in [5.41, 5.74) is 5.11. The Morgan fingerprint density at radius 1 is 1.39 bits per heavy atom. The molecule has 4 heteroatoms. The zero-order valence-corrected chi connectivity index (χ0v) is 11.9. The number of nitrogens with two attached hydrogens (primary N) is 1. The molecule has 1 amide bonds. The number of primary amides is 1. The first kappa shape index (κ1) is 13.8. The van der Waals surface area contributed by atoms with Crippen molar-refractivity contribution in [1.82, 2.24) is 10.2 Å². The van der Waals surface area contributed by atoms with E-state index in [1.165, 1.54) is 19.4 Å². The van der Waals surface area contributed by atoms with E-state index in [9.17, 15) is 4.79 Å². The summed E-state index contributed by atoms with van der Waals surface area (Å²) in [4.78, 5) is 14.3. The number of rotatable bonds is 3. The van der Waals surface area contributed by atoms with Crippen molar-refractivity contribution >= 4 is 5.91 Å². The van der Waals surface area contributed by atoms with Crippen LogP contribution in [-0.4, -0.2) is 42.0 Å². The lowest BCUT2D eigenvalue weighted by molar-refractivity contribution is -0.124. The number of hydrogen-bond acceptors (Lipinski definition) is 3. The van der Waals surface area contributed by atoms with E-state index in [-0.39, 0.29) is 5.91 Å². The van der Waals surface area contributed by atoms with Crippen molar-refractivity contribution in [2.75, 3.05) is 13.6 Å². The highest BCUT2D eigenvalue weighted by molar-refractivity contribution is 5.85. The number of piperidine rings is 1. The van der Waals surface area contributed by atoms with Crippen LogP contribution in [0, 0.1) is 5.92 Å². The summed E-state index contributed by atoms with van der Waals surface area (Å²) in [6.45, 7) is 5.84. The van der Waals surface area contributed by atoms with E-state index in [0.717, 1.165) is 25.2 Å². The van der Waals surface area contributed by atoms with Crippen LogP contribution < -0.4 is 11.1 Å². The minimum absolute atomic E-state index is 0.190. The van der Waals surface area contributed by atoms with Crippen LogP contribution in [0.1, 0.15) is 46.0 Å². The third kappa shape index (κ3) is 2.28. The van der Waals surface area contributed by atoms with Crippen molar-refractivity contribution in [3.8, 4) is 0 Å². The third-order valence-corrected chi connectivity index (χ3v) is 5.33. The highest BCUT2D eigenvalue weighted by atomic mass is 16.1. The molecule has 4 atom stereocenters. The molecule has 104 valence electrons. The fraction of sp³-hybridized carbons (Fsp3) is 0.929. The smallest absolute Gasteiger partial charge is 0.237 e. The Hall–Kier alpha value is -0.610. The molecule has 4 nitrogen and oxygen atoms in total. The van der Waals surface area contributed by atoms with Gasteiger partial charge in [-0.2, -0.15) is 0 Å². The molecule has 1 heterocycles. The van der Waals surface area contributed by atoms with Gasteiger partial charge in [0.15, 0.2) is 0 Å². The van der Waals surface area contributed by atoms with Crippen molar-refractivity contribution in [3.05, 3.63) is 0 Å². The lowest BCUT2D eigenvalue weighted by Gasteiger charge is -2.42. The molecular formula is C14H27N3O. The Morgan fingerprint density at radius 2 is 2.11 bits per heavy atom. The molecule has 2 fully saturated rings. The summed E-state index contributed by atoms with van der Waals surface area (Å²) in [7, 11) is 1.86. The second-order valence-electron chi connectivity index (χ2n) is 6.19. The van der Waals surface area contributed by atoms with Crippen molar-refractivity contribution in [2.24, 2.45) is 11.7 Å². The predicted molar refractivity (Wildman–Crippen MR) is 73.2 cm³/mol. The molecule has 0 bridgehead atoms. The number of likely N-dealkylation sites (N-methyl/N-ethyl adjacent to an activating group) is 1. The Labute approximate surface area is 110 Å². The van der Waals surface area contributed by atoms with Gasteiger partial charge in [0.05, 0.1) is 5.54 Å². The number of carbonyl (C=O) groups excluding carboxylic acids is 1. The first-order chi connectivity index (χ1) is 8.50. The molecule has 1 saturated carbocycles. The summed E-state index contributed by atoms with van der Waals surface area (Å²) >= 11 is 0. The molecule has 3 N–H and O–H groups in total. The van der Waals surface area contributed by atoms with E-state index in [0.29, 0.717) is 12.1 Å². The van der Waals surface area contributed by atoms with Crippen LogP contribution in [0.3, 0.4) is 0 Å². The minimum atomic E-state index is -0.467. The Morgan fingerprint density at radius 3 is 2.67 bits per heavy atom. The fourth-order valence-corrected chi connectivity index (χ4v) is 3.76. The molecule has 1 aliphatic heterocycles. The average molecular weight is 253 g/mol. The molecule has 0 aromatic rings. The van der Waals surface area contributed by atoms with E-state index in [1.54, 1.807) is 0 Å². The maximum absolute atomic E-state index is 11.7. The highest BCUT2D eigenvalue weighted by Crippen LogP contribution is 2.36. The van der Waals surface area contributed by atoms with E-state index in [1.807, 2.05) is 7.05 Å². The Bertz CT molecular complexity index is 320. The van der Waals surface area contributed by atoms with Crippen molar-refractivity contribution < 1.29 is 4.79 Å². The summed E-state index contributed by atoms with van der Waals surface area (Å²) in [5.74, 6) is 0.571. The van der Waals surface area contributed by atoms with Gasteiger partial charge >= 0.3 is 0 Å². The number of carbonyl (C=O) groups is 1. The number of nitrogens with one attached hydrogen (secondary N) is 1. The quantitative estimate of drug-likeness (QED) is 0.792. The summed E-state index contributed by atoms with van der Waals surface area (Å²) in [5, 5.41) is 3.17. The molecule has 0 aromatic carbocycles. The molecule has 0 aromatic heterocycles. The highest BCUT2D eigenvalue weighted by Gasteiger charge is 2.46. The summed E-state index contributed by atoms with van der Waals surface area (Å²) < 4.78 is 0.